The summed E-state index contributed by atoms with van der Waals surface area (Å²) >= 11 is 0. The molecule has 1 aliphatic rings. The summed E-state index contributed by atoms with van der Waals surface area (Å²) in [6, 6.07) is 0. The van der Waals surface area contributed by atoms with Crippen LogP contribution in [-0.4, -0.2) is 35.6 Å². The number of nitrogens with zero attached hydrogens (tertiary/aromatic N) is 2. The first-order valence-electron chi connectivity index (χ1n) is 4.83. The van der Waals surface area contributed by atoms with Crippen molar-refractivity contribution in [3.05, 3.63) is 0 Å². The van der Waals surface area contributed by atoms with E-state index in [9.17, 15) is 0 Å². The van der Waals surface area contributed by atoms with Crippen LogP contribution in [0.3, 0.4) is 0 Å². The third-order valence-electron chi connectivity index (χ3n) is 3.13. The number of hydrogen-bond acceptors (Lipinski definition) is 3. The molecule has 3 N–H and O–H groups in total. The van der Waals surface area contributed by atoms with Gasteiger partial charge in [0.15, 0.2) is 0 Å². The molecule has 0 aromatic rings. The number of hydrogen-bond donors (Lipinski definition) is 2. The second kappa shape index (κ2) is 3.96. The van der Waals surface area contributed by atoms with Gasteiger partial charge in [-0.2, -0.15) is 0 Å². The summed E-state index contributed by atoms with van der Waals surface area (Å²) in [7, 11) is 0. The van der Waals surface area contributed by atoms with E-state index in [1.165, 1.54) is 0 Å². The van der Waals surface area contributed by atoms with Crippen molar-refractivity contribution in [2.45, 2.75) is 26.7 Å². The smallest absolute Gasteiger partial charge is 0.145 e. The Balaban J connectivity index is 2.56. The first-order chi connectivity index (χ1) is 6.12. The van der Waals surface area contributed by atoms with Crippen molar-refractivity contribution < 1.29 is 5.21 Å². The Morgan fingerprint density at radius 1 is 1.54 bits per heavy atom. The van der Waals surface area contributed by atoms with Gasteiger partial charge in [0, 0.05) is 5.41 Å². The van der Waals surface area contributed by atoms with Crippen molar-refractivity contribution >= 4 is 5.84 Å². The molecular weight excluding hydrogens is 166 g/mol. The average Bonchev–Trinajstić information content (AvgIpc) is 2.18. The topological polar surface area (TPSA) is 61.8 Å². The summed E-state index contributed by atoms with van der Waals surface area (Å²) in [5, 5.41) is 11.7. The molecule has 0 aromatic heterocycles. The monoisotopic (exact) mass is 185 g/mol. The van der Waals surface area contributed by atoms with Crippen molar-refractivity contribution in [2.24, 2.45) is 16.3 Å². The van der Waals surface area contributed by atoms with E-state index in [2.05, 4.69) is 23.9 Å². The van der Waals surface area contributed by atoms with Gasteiger partial charge in [-0.15, -0.1) is 0 Å². The van der Waals surface area contributed by atoms with Gasteiger partial charge in [0.25, 0.3) is 0 Å². The molecular formula is C9H19N3O. The zero-order chi connectivity index (χ0) is 9.90. The first kappa shape index (κ1) is 10.3. The summed E-state index contributed by atoms with van der Waals surface area (Å²) < 4.78 is 0. The molecule has 0 radical (unpaired) electrons. The Kier molecular flexibility index (Phi) is 3.14. The maximum atomic E-state index is 8.62. The van der Waals surface area contributed by atoms with Gasteiger partial charge in [-0.1, -0.05) is 19.0 Å². The lowest BCUT2D eigenvalue weighted by Crippen LogP contribution is -2.45. The van der Waals surface area contributed by atoms with E-state index in [1.54, 1.807) is 0 Å². The summed E-state index contributed by atoms with van der Waals surface area (Å²) in [6.07, 6.45) is 1.97. The van der Waals surface area contributed by atoms with Gasteiger partial charge >= 0.3 is 0 Å². The van der Waals surface area contributed by atoms with Crippen LogP contribution in [0, 0.1) is 5.41 Å². The minimum atomic E-state index is -0.0968. The second-order valence-electron chi connectivity index (χ2n) is 3.98. The number of oxime groups is 1. The predicted molar refractivity (Wildman–Crippen MR) is 52.9 cm³/mol. The molecule has 1 heterocycles. The molecule has 0 atom stereocenters. The molecule has 4 nitrogen and oxygen atoms in total. The van der Waals surface area contributed by atoms with Crippen molar-refractivity contribution in [1.82, 2.24) is 4.90 Å². The molecule has 1 rings (SSSR count). The Bertz CT molecular complexity index is 195. The van der Waals surface area contributed by atoms with Crippen molar-refractivity contribution in [2.75, 3.05) is 19.6 Å². The van der Waals surface area contributed by atoms with Crippen LogP contribution < -0.4 is 5.73 Å². The number of likely N-dealkylation sites (tertiary alicyclic amines) is 1. The zero-order valence-electron chi connectivity index (χ0n) is 8.45. The lowest BCUT2D eigenvalue weighted by molar-refractivity contribution is 0.166. The normalized spacial score (nSPS) is 24.6. The number of rotatable bonds is 2. The Morgan fingerprint density at radius 3 is 2.46 bits per heavy atom. The molecule has 0 unspecified atom stereocenters. The van der Waals surface area contributed by atoms with Gasteiger partial charge in [0.2, 0.25) is 0 Å². The summed E-state index contributed by atoms with van der Waals surface area (Å²) in [5.74, 6) is 0.378. The van der Waals surface area contributed by atoms with E-state index in [-0.39, 0.29) is 5.41 Å². The molecule has 0 bridgehead atoms. The van der Waals surface area contributed by atoms with Crippen LogP contribution in [-0.2, 0) is 0 Å². The van der Waals surface area contributed by atoms with E-state index in [0.717, 1.165) is 32.5 Å². The SMILES string of the molecule is CCN1CCC(C)(C(N)=NO)CC1. The predicted octanol–water partition coefficient (Wildman–Crippen LogP) is 0.855. The summed E-state index contributed by atoms with van der Waals surface area (Å²) in [4.78, 5) is 2.38. The van der Waals surface area contributed by atoms with Crippen molar-refractivity contribution in [3.63, 3.8) is 0 Å². The van der Waals surface area contributed by atoms with E-state index in [0.29, 0.717) is 5.84 Å². The Labute approximate surface area is 79.4 Å². The third kappa shape index (κ3) is 2.12. The second-order valence-corrected chi connectivity index (χ2v) is 3.98. The van der Waals surface area contributed by atoms with Crippen LogP contribution in [0.25, 0.3) is 0 Å². The van der Waals surface area contributed by atoms with Gasteiger partial charge in [0.1, 0.15) is 5.84 Å². The lowest BCUT2D eigenvalue weighted by Gasteiger charge is -2.37. The summed E-state index contributed by atoms with van der Waals surface area (Å²) in [6.45, 7) is 7.40. The number of piperidine rings is 1. The maximum absolute atomic E-state index is 8.62. The Hall–Kier alpha value is -0.770. The van der Waals surface area contributed by atoms with Crippen molar-refractivity contribution in [3.8, 4) is 0 Å². The van der Waals surface area contributed by atoms with Crippen LogP contribution in [0.2, 0.25) is 0 Å². The highest BCUT2D eigenvalue weighted by Crippen LogP contribution is 2.30. The third-order valence-corrected chi connectivity index (χ3v) is 3.13. The fraction of sp³-hybridized carbons (Fsp3) is 0.889. The highest BCUT2D eigenvalue weighted by molar-refractivity contribution is 5.85. The van der Waals surface area contributed by atoms with Gasteiger partial charge in [-0.25, -0.2) is 0 Å². The highest BCUT2D eigenvalue weighted by Gasteiger charge is 2.33. The number of amidine groups is 1. The zero-order valence-corrected chi connectivity index (χ0v) is 8.45. The quantitative estimate of drug-likeness (QED) is 0.290. The van der Waals surface area contributed by atoms with E-state index in [1.807, 2.05) is 0 Å². The van der Waals surface area contributed by atoms with Crippen LogP contribution in [0.1, 0.15) is 26.7 Å². The molecule has 1 aliphatic heterocycles. The fourth-order valence-electron chi connectivity index (χ4n) is 1.74. The standard InChI is InChI=1S/C9H19N3O/c1-3-12-6-4-9(2,5-7-12)8(10)11-13/h13H,3-7H2,1-2H3,(H2,10,11). The van der Waals surface area contributed by atoms with E-state index in [4.69, 9.17) is 10.9 Å². The minimum Gasteiger partial charge on any atom is -0.409 e. The molecule has 4 heteroatoms. The van der Waals surface area contributed by atoms with Gasteiger partial charge in [-0.05, 0) is 32.5 Å². The molecule has 76 valence electrons. The minimum absolute atomic E-state index is 0.0968. The van der Waals surface area contributed by atoms with E-state index >= 15 is 0 Å². The van der Waals surface area contributed by atoms with E-state index < -0.39 is 0 Å². The summed E-state index contributed by atoms with van der Waals surface area (Å²) in [5.41, 5.74) is 5.55. The maximum Gasteiger partial charge on any atom is 0.145 e. The molecule has 0 saturated carbocycles. The number of nitrogens with two attached hydrogens (primary N) is 1. The van der Waals surface area contributed by atoms with Crippen LogP contribution in [0.5, 0.6) is 0 Å². The van der Waals surface area contributed by atoms with Gasteiger partial charge in [0.05, 0.1) is 0 Å². The first-order valence-corrected chi connectivity index (χ1v) is 4.83. The van der Waals surface area contributed by atoms with Crippen molar-refractivity contribution in [1.29, 1.82) is 0 Å². The molecule has 0 aromatic carbocycles. The van der Waals surface area contributed by atoms with Gasteiger partial charge in [-0.3, -0.25) is 0 Å². The largest absolute Gasteiger partial charge is 0.409 e. The molecule has 0 aliphatic carbocycles. The molecule has 13 heavy (non-hydrogen) atoms. The Morgan fingerprint density at radius 2 is 2.08 bits per heavy atom. The lowest BCUT2D eigenvalue weighted by atomic mass is 9.79. The van der Waals surface area contributed by atoms with Crippen LogP contribution in [0.4, 0.5) is 0 Å². The molecule has 0 amide bonds. The average molecular weight is 185 g/mol. The van der Waals surface area contributed by atoms with Crippen LogP contribution >= 0.6 is 0 Å². The fourth-order valence-corrected chi connectivity index (χ4v) is 1.74. The molecule has 1 fully saturated rings. The van der Waals surface area contributed by atoms with Gasteiger partial charge < -0.3 is 15.8 Å². The molecule has 1 saturated heterocycles. The molecule has 0 spiro atoms. The highest BCUT2D eigenvalue weighted by atomic mass is 16.4. The van der Waals surface area contributed by atoms with Crippen LogP contribution in [0.15, 0.2) is 5.16 Å².